The highest BCUT2D eigenvalue weighted by Gasteiger charge is 2.24. The second kappa shape index (κ2) is 7.50. The summed E-state index contributed by atoms with van der Waals surface area (Å²) in [5, 5.41) is 3.05. The van der Waals surface area contributed by atoms with Crippen molar-refractivity contribution in [2.45, 2.75) is 45.3 Å². The van der Waals surface area contributed by atoms with Crippen molar-refractivity contribution in [3.05, 3.63) is 69.3 Å². The maximum Gasteiger partial charge on any atom is 0.255 e. The number of rotatable bonds is 4. The van der Waals surface area contributed by atoms with Crippen LogP contribution >= 0.6 is 11.6 Å². The fourth-order valence-corrected chi connectivity index (χ4v) is 3.29. The molecule has 0 saturated heterocycles. The van der Waals surface area contributed by atoms with Crippen molar-refractivity contribution in [3.63, 3.8) is 0 Å². The third-order valence-electron chi connectivity index (χ3n) is 4.42. The lowest BCUT2D eigenvalue weighted by Crippen LogP contribution is -2.35. The third kappa shape index (κ3) is 3.90. The average molecular weight is 378 g/mol. The molecule has 3 heterocycles. The zero-order chi connectivity index (χ0) is 18.8. The van der Waals surface area contributed by atoms with Gasteiger partial charge in [0, 0.05) is 24.4 Å². The van der Waals surface area contributed by atoms with E-state index in [1.54, 1.807) is 23.8 Å². The fourth-order valence-electron chi connectivity index (χ4n) is 3.06. The molecule has 0 saturated carbocycles. The lowest BCUT2D eigenvalue weighted by Gasteiger charge is -2.29. The van der Waals surface area contributed by atoms with Crippen LogP contribution in [-0.4, -0.2) is 15.1 Å². The molecular formula is C19H21ClFN3O2. The van der Waals surface area contributed by atoms with Crippen LogP contribution in [0, 0.1) is 19.7 Å². The summed E-state index contributed by atoms with van der Waals surface area (Å²) in [5.74, 6) is -0.0257. The largest absolute Gasteiger partial charge is 0.487 e. The minimum absolute atomic E-state index is 0.0367. The first-order valence-electron chi connectivity index (χ1n) is 8.39. The molecule has 5 nitrogen and oxygen atoms in total. The van der Waals surface area contributed by atoms with E-state index in [0.717, 1.165) is 16.8 Å². The molecule has 1 aliphatic rings. The van der Waals surface area contributed by atoms with E-state index < -0.39 is 5.82 Å². The molecule has 0 spiro atoms. The Kier molecular flexibility index (Phi) is 5.32. The van der Waals surface area contributed by atoms with Crippen molar-refractivity contribution in [3.8, 4) is 5.75 Å². The quantitative estimate of drug-likeness (QED) is 0.653. The topological polar surface area (TPSA) is 56.1 Å². The number of aryl methyl sites for hydroxylation is 2. The molecule has 0 radical (unpaired) electrons. The number of hydrogen-bond acceptors (Lipinski definition) is 4. The number of nitrogens with zero attached hydrogens (tertiary/aromatic N) is 2. The van der Waals surface area contributed by atoms with Gasteiger partial charge >= 0.3 is 0 Å². The fraction of sp³-hybridized carbons (Fsp3) is 0.368. The van der Waals surface area contributed by atoms with Gasteiger partial charge in [0.2, 0.25) is 0 Å². The van der Waals surface area contributed by atoms with E-state index in [1.165, 1.54) is 12.1 Å². The Labute approximate surface area is 156 Å². The molecule has 0 aromatic carbocycles. The van der Waals surface area contributed by atoms with E-state index in [1.807, 2.05) is 20.0 Å². The van der Waals surface area contributed by atoms with E-state index in [0.29, 0.717) is 12.2 Å². The van der Waals surface area contributed by atoms with Crippen LogP contribution in [0.5, 0.6) is 5.75 Å². The normalized spacial score (nSPS) is 19.7. The van der Waals surface area contributed by atoms with Crippen molar-refractivity contribution in [2.75, 3.05) is 0 Å². The van der Waals surface area contributed by atoms with E-state index in [4.69, 9.17) is 16.3 Å². The number of pyridine rings is 2. The number of nitrogens with one attached hydrogen (secondary N) is 1. The monoisotopic (exact) mass is 377 g/mol. The van der Waals surface area contributed by atoms with Gasteiger partial charge in [-0.1, -0.05) is 11.6 Å². The van der Waals surface area contributed by atoms with Crippen molar-refractivity contribution in [1.82, 2.24) is 14.9 Å². The van der Waals surface area contributed by atoms with E-state index in [2.05, 4.69) is 10.3 Å². The molecule has 2 aromatic rings. The maximum atomic E-state index is 13.9. The average Bonchev–Trinajstić information content (AvgIpc) is 2.56. The van der Waals surface area contributed by atoms with Crippen molar-refractivity contribution < 1.29 is 9.13 Å². The van der Waals surface area contributed by atoms with Gasteiger partial charge in [0.05, 0.1) is 6.04 Å². The van der Waals surface area contributed by atoms with Crippen molar-refractivity contribution in [2.24, 2.45) is 0 Å². The van der Waals surface area contributed by atoms with Gasteiger partial charge in [-0.05, 0) is 50.2 Å². The van der Waals surface area contributed by atoms with Crippen LogP contribution in [0.3, 0.4) is 0 Å². The zero-order valence-electron chi connectivity index (χ0n) is 14.9. The summed E-state index contributed by atoms with van der Waals surface area (Å²) < 4.78 is 21.2. The predicted molar refractivity (Wildman–Crippen MR) is 98.9 cm³/mol. The molecule has 26 heavy (non-hydrogen) atoms. The van der Waals surface area contributed by atoms with Crippen LogP contribution in [0.2, 0.25) is 0 Å². The van der Waals surface area contributed by atoms with Crippen molar-refractivity contribution >= 4 is 11.6 Å². The third-order valence-corrected chi connectivity index (χ3v) is 4.73. The Morgan fingerprint density at radius 3 is 2.81 bits per heavy atom. The molecule has 1 N–H and O–H groups in total. The highest BCUT2D eigenvalue weighted by atomic mass is 35.5. The number of hydrogen-bond donors (Lipinski definition) is 1. The molecule has 7 heteroatoms. The molecule has 0 fully saturated rings. The Bertz CT molecular complexity index is 910. The lowest BCUT2D eigenvalue weighted by atomic mass is 10.0. The van der Waals surface area contributed by atoms with E-state index >= 15 is 0 Å². The maximum absolute atomic E-state index is 13.9. The van der Waals surface area contributed by atoms with E-state index in [9.17, 15) is 9.18 Å². The summed E-state index contributed by atoms with van der Waals surface area (Å²) in [6.07, 6.45) is 4.04. The van der Waals surface area contributed by atoms with Gasteiger partial charge in [0.1, 0.15) is 29.4 Å². The number of aromatic nitrogens is 2. The minimum Gasteiger partial charge on any atom is -0.487 e. The second-order valence-corrected chi connectivity index (χ2v) is 7.07. The van der Waals surface area contributed by atoms with Crippen molar-refractivity contribution in [1.29, 1.82) is 0 Å². The Balaban J connectivity index is 1.82. The van der Waals surface area contributed by atoms with Crippen LogP contribution in [0.25, 0.3) is 0 Å². The number of allylic oxidation sites excluding steroid dienone is 1. The predicted octanol–water partition coefficient (Wildman–Crippen LogP) is 3.58. The van der Waals surface area contributed by atoms with E-state index in [-0.39, 0.29) is 29.4 Å². The summed E-state index contributed by atoms with van der Waals surface area (Å²) >= 11 is 6.17. The van der Waals surface area contributed by atoms with Crippen LogP contribution in [-0.2, 0) is 6.61 Å². The van der Waals surface area contributed by atoms with Gasteiger partial charge in [-0.2, -0.15) is 0 Å². The first-order chi connectivity index (χ1) is 12.3. The molecule has 2 atom stereocenters. The van der Waals surface area contributed by atoms with Gasteiger partial charge in [-0.25, -0.2) is 4.39 Å². The SMILES string of the molecule is CC1=CN[C@@H](Cl)C[C@H]1n1c(C)cc(OCc2ncc(C)cc2F)cc1=O. The summed E-state index contributed by atoms with van der Waals surface area (Å²) in [5.41, 5.74) is 2.34. The second-order valence-electron chi connectivity index (χ2n) is 6.54. The molecule has 0 unspecified atom stereocenters. The number of halogens is 2. The Morgan fingerprint density at radius 1 is 1.35 bits per heavy atom. The number of ether oxygens (including phenoxy) is 1. The first kappa shape index (κ1) is 18.5. The molecule has 138 valence electrons. The summed E-state index contributed by atoms with van der Waals surface area (Å²) in [6, 6.07) is 4.49. The van der Waals surface area contributed by atoms with Crippen LogP contribution in [0.15, 0.2) is 41.0 Å². The van der Waals surface area contributed by atoms with Crippen LogP contribution in [0.4, 0.5) is 4.39 Å². The highest BCUT2D eigenvalue weighted by molar-refractivity contribution is 6.20. The molecular weight excluding hydrogens is 357 g/mol. The molecule has 0 bridgehead atoms. The highest BCUT2D eigenvalue weighted by Crippen LogP contribution is 2.28. The molecule has 2 aromatic heterocycles. The smallest absolute Gasteiger partial charge is 0.255 e. The van der Waals surface area contributed by atoms with Crippen LogP contribution in [0.1, 0.15) is 36.3 Å². The van der Waals surface area contributed by atoms with Gasteiger partial charge < -0.3 is 14.6 Å². The van der Waals surface area contributed by atoms with Crippen LogP contribution < -0.4 is 15.6 Å². The standard InChI is InChI=1S/C19H21ClFN3O2/c1-11-4-15(21)16(22-8-11)10-26-14-5-13(3)24(19(25)6-14)17-7-18(20)23-9-12(17)2/h4-6,8-9,17-18,23H,7,10H2,1-3H3/t17-,18-/m1/s1. The number of alkyl halides is 1. The molecule has 0 aliphatic carbocycles. The molecule has 0 amide bonds. The molecule has 3 rings (SSSR count). The first-order valence-corrected chi connectivity index (χ1v) is 8.82. The summed E-state index contributed by atoms with van der Waals surface area (Å²) in [6.45, 7) is 5.54. The molecule has 1 aliphatic heterocycles. The zero-order valence-corrected chi connectivity index (χ0v) is 15.7. The lowest BCUT2D eigenvalue weighted by molar-refractivity contribution is 0.292. The Hall–Kier alpha value is -2.34. The van der Waals surface area contributed by atoms with Gasteiger partial charge in [-0.15, -0.1) is 0 Å². The Morgan fingerprint density at radius 2 is 2.12 bits per heavy atom. The van der Waals surface area contributed by atoms with Gasteiger partial charge in [0.15, 0.2) is 0 Å². The minimum atomic E-state index is -0.418. The summed E-state index contributed by atoms with van der Waals surface area (Å²) in [4.78, 5) is 16.7. The van der Waals surface area contributed by atoms with Gasteiger partial charge in [0.25, 0.3) is 5.56 Å². The summed E-state index contributed by atoms with van der Waals surface area (Å²) in [7, 11) is 0. The van der Waals surface area contributed by atoms with Gasteiger partial charge in [-0.3, -0.25) is 9.78 Å².